The van der Waals surface area contributed by atoms with Gasteiger partial charge in [0.2, 0.25) is 0 Å². The van der Waals surface area contributed by atoms with E-state index in [4.69, 9.17) is 5.73 Å². The van der Waals surface area contributed by atoms with Crippen LogP contribution in [-0.4, -0.2) is 23.1 Å². The molecule has 1 heterocycles. The Kier molecular flexibility index (Phi) is 3.16. The summed E-state index contributed by atoms with van der Waals surface area (Å²) in [5.41, 5.74) is 6.41. The van der Waals surface area contributed by atoms with Gasteiger partial charge in [-0.3, -0.25) is 4.98 Å². The van der Waals surface area contributed by atoms with Crippen molar-refractivity contribution >= 4 is 5.82 Å². The minimum Gasteiger partial charge on any atom is -0.355 e. The summed E-state index contributed by atoms with van der Waals surface area (Å²) in [4.78, 5) is 10.9. The van der Waals surface area contributed by atoms with Crippen LogP contribution in [0.1, 0.15) is 31.4 Å². The Morgan fingerprint density at radius 2 is 2.13 bits per heavy atom. The molecule has 0 aromatic carbocycles. The number of hydrogen-bond donors (Lipinski definition) is 1. The van der Waals surface area contributed by atoms with E-state index in [1.165, 1.54) is 25.7 Å². The summed E-state index contributed by atoms with van der Waals surface area (Å²) >= 11 is 0. The zero-order valence-electron chi connectivity index (χ0n) is 9.19. The lowest BCUT2D eigenvalue weighted by atomic mass is 10.2. The Morgan fingerprint density at radius 3 is 2.80 bits per heavy atom. The van der Waals surface area contributed by atoms with Crippen molar-refractivity contribution in [3.8, 4) is 0 Å². The third kappa shape index (κ3) is 2.26. The fourth-order valence-electron chi connectivity index (χ4n) is 2.14. The van der Waals surface area contributed by atoms with Gasteiger partial charge in [-0.25, -0.2) is 4.98 Å². The van der Waals surface area contributed by atoms with E-state index in [1.54, 1.807) is 6.20 Å². The van der Waals surface area contributed by atoms with Gasteiger partial charge in [0.25, 0.3) is 0 Å². The zero-order chi connectivity index (χ0) is 10.7. The fraction of sp³-hybridized carbons (Fsp3) is 0.636. The minimum atomic E-state index is 0.458. The van der Waals surface area contributed by atoms with E-state index in [0.717, 1.165) is 11.5 Å². The van der Waals surface area contributed by atoms with Gasteiger partial charge in [0, 0.05) is 25.8 Å². The van der Waals surface area contributed by atoms with Crippen LogP contribution in [0.5, 0.6) is 0 Å². The minimum absolute atomic E-state index is 0.458. The maximum Gasteiger partial charge on any atom is 0.147 e. The van der Waals surface area contributed by atoms with Crippen molar-refractivity contribution in [1.29, 1.82) is 0 Å². The first-order valence-electron chi connectivity index (χ1n) is 5.55. The van der Waals surface area contributed by atoms with Crippen LogP contribution in [0.3, 0.4) is 0 Å². The van der Waals surface area contributed by atoms with Gasteiger partial charge in [-0.1, -0.05) is 12.8 Å². The predicted molar refractivity (Wildman–Crippen MR) is 60.6 cm³/mol. The standard InChI is InChI=1S/C11H18N4/c1-15(10-4-2-3-5-10)11-8-13-7-9(6-12)14-11/h7-8,10H,2-6,12H2,1H3. The molecule has 1 aromatic rings. The number of rotatable bonds is 3. The molecule has 1 aromatic heterocycles. The Balaban J connectivity index is 2.13. The van der Waals surface area contributed by atoms with Crippen LogP contribution < -0.4 is 10.6 Å². The number of nitrogens with zero attached hydrogens (tertiary/aromatic N) is 3. The van der Waals surface area contributed by atoms with Gasteiger partial charge in [0.05, 0.1) is 11.9 Å². The highest BCUT2D eigenvalue weighted by Gasteiger charge is 2.20. The van der Waals surface area contributed by atoms with E-state index in [1.807, 2.05) is 6.20 Å². The quantitative estimate of drug-likeness (QED) is 0.810. The highest BCUT2D eigenvalue weighted by atomic mass is 15.2. The SMILES string of the molecule is CN(c1cncc(CN)n1)C1CCCC1. The number of aromatic nitrogens is 2. The average molecular weight is 206 g/mol. The highest BCUT2D eigenvalue weighted by molar-refractivity contribution is 5.36. The second-order valence-corrected chi connectivity index (χ2v) is 4.12. The van der Waals surface area contributed by atoms with Crippen LogP contribution in [0.4, 0.5) is 5.82 Å². The maximum absolute atomic E-state index is 5.55. The first-order chi connectivity index (χ1) is 7.31. The molecule has 0 amide bonds. The molecule has 15 heavy (non-hydrogen) atoms. The smallest absolute Gasteiger partial charge is 0.147 e. The molecule has 0 radical (unpaired) electrons. The van der Waals surface area contributed by atoms with Gasteiger partial charge in [0.15, 0.2) is 0 Å². The molecule has 0 saturated heterocycles. The van der Waals surface area contributed by atoms with E-state index in [0.29, 0.717) is 12.6 Å². The molecule has 2 rings (SSSR count). The molecular formula is C11H18N4. The topological polar surface area (TPSA) is 55.0 Å². The van der Waals surface area contributed by atoms with E-state index in [9.17, 15) is 0 Å². The molecular weight excluding hydrogens is 188 g/mol. The van der Waals surface area contributed by atoms with Crippen LogP contribution in [0.15, 0.2) is 12.4 Å². The Bertz CT molecular complexity index is 320. The first-order valence-corrected chi connectivity index (χ1v) is 5.55. The molecule has 0 aliphatic heterocycles. The maximum atomic E-state index is 5.55. The van der Waals surface area contributed by atoms with Gasteiger partial charge >= 0.3 is 0 Å². The van der Waals surface area contributed by atoms with Crippen LogP contribution in [-0.2, 0) is 6.54 Å². The number of hydrogen-bond acceptors (Lipinski definition) is 4. The van der Waals surface area contributed by atoms with Gasteiger partial charge in [-0.15, -0.1) is 0 Å². The monoisotopic (exact) mass is 206 g/mol. The van der Waals surface area contributed by atoms with E-state index < -0.39 is 0 Å². The number of anilines is 1. The van der Waals surface area contributed by atoms with Crippen molar-refractivity contribution in [2.45, 2.75) is 38.3 Å². The van der Waals surface area contributed by atoms with Crippen molar-refractivity contribution in [3.05, 3.63) is 18.1 Å². The van der Waals surface area contributed by atoms with Gasteiger partial charge < -0.3 is 10.6 Å². The third-order valence-corrected chi connectivity index (χ3v) is 3.11. The van der Waals surface area contributed by atoms with Gasteiger partial charge in [0.1, 0.15) is 5.82 Å². The van der Waals surface area contributed by atoms with Crippen molar-refractivity contribution in [3.63, 3.8) is 0 Å². The fourth-order valence-corrected chi connectivity index (χ4v) is 2.14. The van der Waals surface area contributed by atoms with Crippen LogP contribution in [0, 0.1) is 0 Å². The Morgan fingerprint density at radius 1 is 1.40 bits per heavy atom. The third-order valence-electron chi connectivity index (χ3n) is 3.11. The van der Waals surface area contributed by atoms with Crippen molar-refractivity contribution in [2.24, 2.45) is 5.73 Å². The molecule has 1 aliphatic rings. The summed E-state index contributed by atoms with van der Waals surface area (Å²) in [6.45, 7) is 0.458. The lowest BCUT2D eigenvalue weighted by Crippen LogP contribution is -2.30. The predicted octanol–water partition coefficient (Wildman–Crippen LogP) is 1.31. The van der Waals surface area contributed by atoms with E-state index in [2.05, 4.69) is 21.9 Å². The summed E-state index contributed by atoms with van der Waals surface area (Å²) in [7, 11) is 2.10. The van der Waals surface area contributed by atoms with E-state index in [-0.39, 0.29) is 0 Å². The molecule has 0 bridgehead atoms. The normalized spacial score (nSPS) is 16.9. The Labute approximate surface area is 90.5 Å². The summed E-state index contributed by atoms with van der Waals surface area (Å²) in [5.74, 6) is 0.949. The molecule has 1 aliphatic carbocycles. The second-order valence-electron chi connectivity index (χ2n) is 4.12. The molecule has 1 saturated carbocycles. The molecule has 0 atom stereocenters. The molecule has 82 valence electrons. The molecule has 4 heteroatoms. The number of nitrogens with two attached hydrogens (primary N) is 1. The molecule has 4 nitrogen and oxygen atoms in total. The van der Waals surface area contributed by atoms with Gasteiger partial charge in [-0.2, -0.15) is 0 Å². The van der Waals surface area contributed by atoms with Crippen molar-refractivity contribution in [1.82, 2.24) is 9.97 Å². The van der Waals surface area contributed by atoms with Crippen LogP contribution >= 0.6 is 0 Å². The molecule has 2 N–H and O–H groups in total. The van der Waals surface area contributed by atoms with Crippen molar-refractivity contribution < 1.29 is 0 Å². The van der Waals surface area contributed by atoms with Crippen LogP contribution in [0.25, 0.3) is 0 Å². The first kappa shape index (κ1) is 10.4. The summed E-state index contributed by atoms with van der Waals surface area (Å²) in [5, 5.41) is 0. The van der Waals surface area contributed by atoms with Gasteiger partial charge in [-0.05, 0) is 12.8 Å². The summed E-state index contributed by atoms with van der Waals surface area (Å²) < 4.78 is 0. The molecule has 0 unspecified atom stereocenters. The molecule has 0 spiro atoms. The Hall–Kier alpha value is -1.16. The summed E-state index contributed by atoms with van der Waals surface area (Å²) in [6.07, 6.45) is 8.75. The van der Waals surface area contributed by atoms with E-state index >= 15 is 0 Å². The van der Waals surface area contributed by atoms with Crippen LogP contribution in [0.2, 0.25) is 0 Å². The summed E-state index contributed by atoms with van der Waals surface area (Å²) in [6, 6.07) is 0.632. The lowest BCUT2D eigenvalue weighted by molar-refractivity contribution is 0.643. The van der Waals surface area contributed by atoms with Crippen molar-refractivity contribution in [2.75, 3.05) is 11.9 Å². The zero-order valence-corrected chi connectivity index (χ0v) is 9.19. The average Bonchev–Trinajstić information content (AvgIpc) is 2.81. The largest absolute Gasteiger partial charge is 0.355 e. The molecule has 1 fully saturated rings. The second kappa shape index (κ2) is 4.57. The lowest BCUT2D eigenvalue weighted by Gasteiger charge is -2.25. The highest BCUT2D eigenvalue weighted by Crippen LogP contribution is 2.25.